The van der Waals surface area contributed by atoms with Crippen LogP contribution in [0.1, 0.15) is 23.5 Å². The van der Waals surface area contributed by atoms with Gasteiger partial charge in [-0.3, -0.25) is 9.36 Å². The Morgan fingerprint density at radius 1 is 1.42 bits per heavy atom. The van der Waals surface area contributed by atoms with Crippen LogP contribution in [-0.4, -0.2) is 14.1 Å². The molecular formula is C12H16N4O2S. The zero-order chi connectivity index (χ0) is 14.0. The molecule has 6 nitrogen and oxygen atoms in total. The van der Waals surface area contributed by atoms with Gasteiger partial charge in [0.15, 0.2) is 0 Å². The fourth-order valence-electron chi connectivity index (χ4n) is 1.80. The summed E-state index contributed by atoms with van der Waals surface area (Å²) in [4.78, 5) is 27.7. The molecule has 2 aromatic heterocycles. The van der Waals surface area contributed by atoms with Crippen LogP contribution in [-0.2, 0) is 20.6 Å². The zero-order valence-electron chi connectivity index (χ0n) is 11.1. The normalized spacial score (nSPS) is 12.6. The van der Waals surface area contributed by atoms with Crippen LogP contribution >= 0.6 is 11.3 Å². The minimum atomic E-state index is -0.318. The van der Waals surface area contributed by atoms with Gasteiger partial charge in [-0.05, 0) is 6.92 Å². The summed E-state index contributed by atoms with van der Waals surface area (Å²) in [6, 6.07) is 0.0712. The summed E-state index contributed by atoms with van der Waals surface area (Å²) in [7, 11) is 3.12. The highest BCUT2D eigenvalue weighted by Crippen LogP contribution is 2.14. The Kier molecular flexibility index (Phi) is 3.96. The molecule has 0 aliphatic rings. The minimum Gasteiger partial charge on any atom is -0.304 e. The lowest BCUT2D eigenvalue weighted by Crippen LogP contribution is -2.39. The molecule has 0 aliphatic heterocycles. The van der Waals surface area contributed by atoms with Gasteiger partial charge < -0.3 is 9.88 Å². The Balaban J connectivity index is 2.17. The minimum absolute atomic E-state index is 0.0712. The number of nitrogens with one attached hydrogen (secondary N) is 1. The van der Waals surface area contributed by atoms with E-state index in [1.54, 1.807) is 30.8 Å². The monoisotopic (exact) mass is 280 g/mol. The first kappa shape index (κ1) is 13.7. The van der Waals surface area contributed by atoms with Crippen molar-refractivity contribution in [3.8, 4) is 0 Å². The maximum atomic E-state index is 11.9. The van der Waals surface area contributed by atoms with Crippen molar-refractivity contribution in [3.05, 3.63) is 49.2 Å². The summed E-state index contributed by atoms with van der Waals surface area (Å²) in [6.07, 6.45) is 3.33. The highest BCUT2D eigenvalue weighted by Gasteiger charge is 2.10. The third-order valence-electron chi connectivity index (χ3n) is 2.94. The number of thiazole rings is 1. The van der Waals surface area contributed by atoms with Crippen molar-refractivity contribution in [3.63, 3.8) is 0 Å². The first-order valence-corrected chi connectivity index (χ1v) is 6.77. The second-order valence-corrected chi connectivity index (χ2v) is 5.31. The average Bonchev–Trinajstić information content (AvgIpc) is 2.92. The molecule has 7 heteroatoms. The molecule has 0 bridgehead atoms. The first-order valence-electron chi connectivity index (χ1n) is 5.89. The van der Waals surface area contributed by atoms with Crippen LogP contribution < -0.4 is 16.6 Å². The Hall–Kier alpha value is -1.73. The van der Waals surface area contributed by atoms with E-state index < -0.39 is 0 Å². The molecule has 0 amide bonds. The first-order chi connectivity index (χ1) is 9.00. The second-order valence-electron chi connectivity index (χ2n) is 4.38. The summed E-state index contributed by atoms with van der Waals surface area (Å²) in [5.74, 6) is 0. The zero-order valence-corrected chi connectivity index (χ0v) is 11.9. The molecular weight excluding hydrogens is 264 g/mol. The van der Waals surface area contributed by atoms with E-state index >= 15 is 0 Å². The molecule has 0 fully saturated rings. The summed E-state index contributed by atoms with van der Waals surface area (Å²) < 4.78 is 2.53. The van der Waals surface area contributed by atoms with Crippen LogP contribution in [0.3, 0.4) is 0 Å². The van der Waals surface area contributed by atoms with Gasteiger partial charge in [0.25, 0.3) is 5.56 Å². The van der Waals surface area contributed by atoms with Gasteiger partial charge in [-0.15, -0.1) is 11.3 Å². The van der Waals surface area contributed by atoms with Crippen molar-refractivity contribution in [1.29, 1.82) is 0 Å². The fourth-order valence-corrected chi connectivity index (χ4v) is 2.47. The van der Waals surface area contributed by atoms with Crippen LogP contribution in [0.2, 0.25) is 0 Å². The fraction of sp³-hybridized carbons (Fsp3) is 0.417. The smallest absolute Gasteiger partial charge is 0.304 e. The van der Waals surface area contributed by atoms with E-state index in [0.29, 0.717) is 12.1 Å². The summed E-state index contributed by atoms with van der Waals surface area (Å²) >= 11 is 1.57. The molecule has 1 atom stereocenters. The van der Waals surface area contributed by atoms with Crippen molar-refractivity contribution in [2.45, 2.75) is 19.5 Å². The Labute approximate surface area is 114 Å². The summed E-state index contributed by atoms with van der Waals surface area (Å²) in [5.41, 5.74) is -0.0170. The summed E-state index contributed by atoms with van der Waals surface area (Å²) in [6.45, 7) is 2.40. The lowest BCUT2D eigenvalue weighted by Gasteiger charge is -2.12. The van der Waals surface area contributed by atoms with Crippen LogP contribution in [0.25, 0.3) is 0 Å². The second kappa shape index (κ2) is 5.50. The van der Waals surface area contributed by atoms with Crippen LogP contribution in [0.15, 0.2) is 27.4 Å². The SMILES string of the molecule is CC(NCc1cn(C)c(=O)n(C)c1=O)c1nccs1. The van der Waals surface area contributed by atoms with Crippen LogP contribution in [0.5, 0.6) is 0 Å². The Bertz CT molecular complexity index is 672. The van der Waals surface area contributed by atoms with E-state index in [9.17, 15) is 9.59 Å². The van der Waals surface area contributed by atoms with E-state index in [1.165, 1.54) is 11.6 Å². The van der Waals surface area contributed by atoms with Gasteiger partial charge >= 0.3 is 5.69 Å². The maximum absolute atomic E-state index is 11.9. The van der Waals surface area contributed by atoms with Gasteiger partial charge in [-0.2, -0.15) is 0 Å². The number of hydrogen-bond donors (Lipinski definition) is 1. The quantitative estimate of drug-likeness (QED) is 0.879. The van der Waals surface area contributed by atoms with Gasteiger partial charge in [-0.1, -0.05) is 0 Å². The Morgan fingerprint density at radius 2 is 2.16 bits per heavy atom. The van der Waals surface area contributed by atoms with E-state index in [0.717, 1.165) is 9.57 Å². The number of aryl methyl sites for hydroxylation is 1. The third-order valence-corrected chi connectivity index (χ3v) is 3.90. The topological polar surface area (TPSA) is 68.9 Å². The molecule has 2 rings (SSSR count). The molecule has 2 aromatic rings. The lowest BCUT2D eigenvalue weighted by molar-refractivity contribution is 0.556. The van der Waals surface area contributed by atoms with Crippen molar-refractivity contribution in [2.24, 2.45) is 14.1 Å². The molecule has 0 radical (unpaired) electrons. The maximum Gasteiger partial charge on any atom is 0.330 e. The van der Waals surface area contributed by atoms with Crippen molar-refractivity contribution in [2.75, 3.05) is 0 Å². The van der Waals surface area contributed by atoms with Crippen molar-refractivity contribution < 1.29 is 0 Å². The largest absolute Gasteiger partial charge is 0.330 e. The molecule has 2 heterocycles. The molecule has 0 spiro atoms. The molecule has 1 N–H and O–H groups in total. The standard InChI is InChI=1S/C12H16N4O2S/c1-8(10-13-4-5-19-10)14-6-9-7-15(2)12(18)16(3)11(9)17/h4-5,7-8,14H,6H2,1-3H3. The molecule has 0 saturated heterocycles. The molecule has 102 valence electrons. The highest BCUT2D eigenvalue weighted by molar-refractivity contribution is 7.09. The van der Waals surface area contributed by atoms with E-state index in [4.69, 9.17) is 0 Å². The van der Waals surface area contributed by atoms with Crippen molar-refractivity contribution in [1.82, 2.24) is 19.4 Å². The van der Waals surface area contributed by atoms with Gasteiger partial charge in [0.2, 0.25) is 0 Å². The number of nitrogens with zero attached hydrogens (tertiary/aromatic N) is 3. The van der Waals surface area contributed by atoms with Crippen molar-refractivity contribution >= 4 is 11.3 Å². The molecule has 0 saturated carbocycles. The van der Waals surface area contributed by atoms with Gasteiger partial charge in [-0.25, -0.2) is 9.78 Å². The number of rotatable bonds is 4. The molecule has 19 heavy (non-hydrogen) atoms. The molecule has 0 aliphatic carbocycles. The average molecular weight is 280 g/mol. The highest BCUT2D eigenvalue weighted by atomic mass is 32.1. The van der Waals surface area contributed by atoms with E-state index in [-0.39, 0.29) is 17.3 Å². The number of aromatic nitrogens is 3. The third kappa shape index (κ3) is 2.82. The van der Waals surface area contributed by atoms with Crippen LogP contribution in [0, 0.1) is 0 Å². The predicted octanol–water partition coefficient (Wildman–Crippen LogP) is 0.391. The number of hydrogen-bond acceptors (Lipinski definition) is 5. The van der Waals surface area contributed by atoms with Gasteiger partial charge in [0, 0.05) is 44.0 Å². The van der Waals surface area contributed by atoms with Crippen LogP contribution in [0.4, 0.5) is 0 Å². The van der Waals surface area contributed by atoms with Gasteiger partial charge in [0.05, 0.1) is 6.04 Å². The van der Waals surface area contributed by atoms with E-state index in [1.807, 2.05) is 12.3 Å². The van der Waals surface area contributed by atoms with E-state index in [2.05, 4.69) is 10.3 Å². The predicted molar refractivity (Wildman–Crippen MR) is 74.3 cm³/mol. The Morgan fingerprint density at radius 3 is 2.79 bits per heavy atom. The molecule has 0 aromatic carbocycles. The molecule has 1 unspecified atom stereocenters. The van der Waals surface area contributed by atoms with Gasteiger partial charge in [0.1, 0.15) is 5.01 Å². The summed E-state index contributed by atoms with van der Waals surface area (Å²) in [5, 5.41) is 6.12. The lowest BCUT2D eigenvalue weighted by atomic mass is 10.3.